The maximum absolute atomic E-state index is 12.6. The zero-order chi connectivity index (χ0) is 17.3. The van der Waals surface area contributed by atoms with Crippen molar-refractivity contribution in [1.82, 2.24) is 15.2 Å². The first kappa shape index (κ1) is 16.8. The molecule has 0 aliphatic carbocycles. The number of aromatic nitrogens is 3. The van der Waals surface area contributed by atoms with E-state index >= 15 is 0 Å². The molecule has 2 N–H and O–H groups in total. The molecule has 0 radical (unpaired) electrons. The SMILES string of the molecule is Cc1nc(-c2ccccc2NS(=O)(=O)c2ccc(Cl)c(Cl)c2)n[nH]1. The first-order chi connectivity index (χ1) is 11.4. The van der Waals surface area contributed by atoms with Crippen LogP contribution in [0.2, 0.25) is 10.0 Å². The molecular weight excluding hydrogens is 371 g/mol. The summed E-state index contributed by atoms with van der Waals surface area (Å²) in [6.07, 6.45) is 0. The van der Waals surface area contributed by atoms with Crippen molar-refractivity contribution in [2.45, 2.75) is 11.8 Å². The van der Waals surface area contributed by atoms with Gasteiger partial charge >= 0.3 is 0 Å². The number of hydrogen-bond acceptors (Lipinski definition) is 4. The van der Waals surface area contributed by atoms with Crippen LogP contribution in [0.25, 0.3) is 11.4 Å². The fourth-order valence-corrected chi connectivity index (χ4v) is 3.55. The van der Waals surface area contributed by atoms with Gasteiger partial charge in [-0.25, -0.2) is 13.4 Å². The normalized spacial score (nSPS) is 11.5. The molecule has 9 heteroatoms. The summed E-state index contributed by atoms with van der Waals surface area (Å²) in [5.74, 6) is 1.03. The molecule has 1 heterocycles. The molecule has 0 bridgehead atoms. The summed E-state index contributed by atoms with van der Waals surface area (Å²) in [5, 5.41) is 7.25. The van der Waals surface area contributed by atoms with Gasteiger partial charge in [-0.15, -0.1) is 0 Å². The van der Waals surface area contributed by atoms with Crippen LogP contribution in [0.15, 0.2) is 47.4 Å². The molecule has 0 spiro atoms. The summed E-state index contributed by atoms with van der Waals surface area (Å²) in [6, 6.07) is 11.0. The highest BCUT2D eigenvalue weighted by atomic mass is 35.5. The van der Waals surface area contributed by atoms with E-state index in [1.165, 1.54) is 18.2 Å². The van der Waals surface area contributed by atoms with Crippen molar-refractivity contribution in [3.63, 3.8) is 0 Å². The fraction of sp³-hybridized carbons (Fsp3) is 0.0667. The Kier molecular flexibility index (Phi) is 4.49. The highest BCUT2D eigenvalue weighted by Gasteiger charge is 2.18. The quantitative estimate of drug-likeness (QED) is 0.716. The van der Waals surface area contributed by atoms with Crippen molar-refractivity contribution in [2.75, 3.05) is 4.72 Å². The monoisotopic (exact) mass is 382 g/mol. The third-order valence-corrected chi connectivity index (χ3v) is 5.31. The number of nitrogens with zero attached hydrogens (tertiary/aromatic N) is 2. The first-order valence-corrected chi connectivity index (χ1v) is 9.07. The number of aromatic amines is 1. The van der Waals surface area contributed by atoms with E-state index < -0.39 is 10.0 Å². The minimum Gasteiger partial charge on any atom is -0.279 e. The van der Waals surface area contributed by atoms with E-state index in [4.69, 9.17) is 23.2 Å². The molecule has 0 fully saturated rings. The number of rotatable bonds is 4. The molecule has 0 aliphatic rings. The van der Waals surface area contributed by atoms with Crippen LogP contribution in [-0.2, 0) is 10.0 Å². The van der Waals surface area contributed by atoms with Crippen molar-refractivity contribution in [1.29, 1.82) is 0 Å². The Morgan fingerprint density at radius 1 is 1.08 bits per heavy atom. The molecular formula is C15H12Cl2N4O2S. The van der Waals surface area contributed by atoms with Gasteiger partial charge in [0.15, 0.2) is 5.82 Å². The smallest absolute Gasteiger partial charge is 0.261 e. The second-order valence-electron chi connectivity index (χ2n) is 4.97. The van der Waals surface area contributed by atoms with E-state index in [-0.39, 0.29) is 14.9 Å². The van der Waals surface area contributed by atoms with Gasteiger partial charge < -0.3 is 0 Å². The van der Waals surface area contributed by atoms with Crippen LogP contribution >= 0.6 is 23.2 Å². The van der Waals surface area contributed by atoms with Crippen LogP contribution < -0.4 is 4.72 Å². The lowest BCUT2D eigenvalue weighted by Gasteiger charge is -2.11. The van der Waals surface area contributed by atoms with Gasteiger partial charge in [0.2, 0.25) is 0 Å². The minimum atomic E-state index is -3.84. The molecule has 0 atom stereocenters. The van der Waals surface area contributed by atoms with Gasteiger partial charge in [-0.2, -0.15) is 5.10 Å². The molecule has 24 heavy (non-hydrogen) atoms. The Morgan fingerprint density at radius 3 is 2.50 bits per heavy atom. The molecule has 1 aromatic heterocycles. The predicted molar refractivity (Wildman–Crippen MR) is 93.8 cm³/mol. The van der Waals surface area contributed by atoms with E-state index in [9.17, 15) is 8.42 Å². The van der Waals surface area contributed by atoms with Crippen molar-refractivity contribution in [3.05, 3.63) is 58.3 Å². The van der Waals surface area contributed by atoms with Crippen molar-refractivity contribution in [3.8, 4) is 11.4 Å². The van der Waals surface area contributed by atoms with E-state index in [2.05, 4.69) is 19.9 Å². The van der Waals surface area contributed by atoms with Gasteiger partial charge in [0.05, 0.1) is 20.6 Å². The van der Waals surface area contributed by atoms with Crippen molar-refractivity contribution in [2.24, 2.45) is 0 Å². The van der Waals surface area contributed by atoms with Gasteiger partial charge in [0.25, 0.3) is 10.0 Å². The molecule has 0 aliphatic heterocycles. The summed E-state index contributed by atoms with van der Waals surface area (Å²) in [7, 11) is -3.84. The van der Waals surface area contributed by atoms with Gasteiger partial charge in [-0.05, 0) is 37.3 Å². The van der Waals surface area contributed by atoms with E-state index in [1.807, 2.05) is 0 Å². The maximum atomic E-state index is 12.6. The molecule has 3 rings (SSSR count). The number of hydrogen-bond donors (Lipinski definition) is 2. The Morgan fingerprint density at radius 2 is 1.83 bits per heavy atom. The van der Waals surface area contributed by atoms with Crippen LogP contribution in [0.3, 0.4) is 0 Å². The highest BCUT2D eigenvalue weighted by Crippen LogP contribution is 2.29. The number of anilines is 1. The first-order valence-electron chi connectivity index (χ1n) is 6.83. The molecule has 124 valence electrons. The number of aryl methyl sites for hydroxylation is 1. The lowest BCUT2D eigenvalue weighted by atomic mass is 10.2. The van der Waals surface area contributed by atoms with Gasteiger partial charge in [0, 0.05) is 5.56 Å². The Balaban J connectivity index is 2.00. The van der Waals surface area contributed by atoms with Crippen molar-refractivity contribution < 1.29 is 8.42 Å². The van der Waals surface area contributed by atoms with Crippen LogP contribution in [-0.4, -0.2) is 23.6 Å². The van der Waals surface area contributed by atoms with E-state index in [0.29, 0.717) is 22.9 Å². The highest BCUT2D eigenvalue weighted by molar-refractivity contribution is 7.92. The molecule has 3 aromatic rings. The lowest BCUT2D eigenvalue weighted by molar-refractivity contribution is 0.601. The second kappa shape index (κ2) is 6.43. The van der Waals surface area contributed by atoms with E-state index in [1.54, 1.807) is 31.2 Å². The zero-order valence-electron chi connectivity index (χ0n) is 12.4. The minimum absolute atomic E-state index is 0.0119. The summed E-state index contributed by atoms with van der Waals surface area (Å²) >= 11 is 11.7. The van der Waals surface area contributed by atoms with Crippen LogP contribution in [0.5, 0.6) is 0 Å². The topological polar surface area (TPSA) is 87.7 Å². The Hall–Kier alpha value is -2.09. The second-order valence-corrected chi connectivity index (χ2v) is 7.47. The average Bonchev–Trinajstić information content (AvgIpc) is 2.96. The Bertz CT molecular complexity index is 1000. The van der Waals surface area contributed by atoms with Crippen LogP contribution in [0.4, 0.5) is 5.69 Å². The number of H-pyrrole nitrogens is 1. The molecule has 0 saturated carbocycles. The Labute approximate surface area is 148 Å². The number of halogens is 2. The average molecular weight is 383 g/mol. The number of sulfonamides is 1. The summed E-state index contributed by atoms with van der Waals surface area (Å²) in [6.45, 7) is 1.76. The van der Waals surface area contributed by atoms with Gasteiger partial charge in [0.1, 0.15) is 5.82 Å². The number of benzene rings is 2. The maximum Gasteiger partial charge on any atom is 0.261 e. The molecule has 0 amide bonds. The van der Waals surface area contributed by atoms with Crippen LogP contribution in [0.1, 0.15) is 5.82 Å². The molecule has 6 nitrogen and oxygen atoms in total. The number of nitrogens with one attached hydrogen (secondary N) is 2. The van der Waals surface area contributed by atoms with Crippen molar-refractivity contribution >= 4 is 38.9 Å². The third-order valence-electron chi connectivity index (χ3n) is 3.21. The zero-order valence-corrected chi connectivity index (χ0v) is 14.7. The summed E-state index contributed by atoms with van der Waals surface area (Å²) in [5.41, 5.74) is 0.924. The van der Waals surface area contributed by atoms with Crippen LogP contribution in [0, 0.1) is 6.92 Å². The lowest BCUT2D eigenvalue weighted by Crippen LogP contribution is -2.13. The largest absolute Gasteiger partial charge is 0.279 e. The predicted octanol–water partition coefficient (Wildman–Crippen LogP) is 3.89. The summed E-state index contributed by atoms with van der Waals surface area (Å²) < 4.78 is 27.7. The molecule has 2 aromatic carbocycles. The van der Waals surface area contributed by atoms with Gasteiger partial charge in [-0.3, -0.25) is 9.82 Å². The third kappa shape index (κ3) is 3.38. The molecule has 0 unspecified atom stereocenters. The van der Waals surface area contributed by atoms with E-state index in [0.717, 1.165) is 0 Å². The fourth-order valence-electron chi connectivity index (χ4n) is 2.08. The standard InChI is InChI=1S/C15H12Cl2N4O2S/c1-9-18-15(20-19-9)11-4-2-3-5-14(11)21-24(22,23)10-6-7-12(16)13(17)8-10/h2-8,21H,1H3,(H,18,19,20). The number of para-hydroxylation sites is 1. The van der Waals surface area contributed by atoms with Gasteiger partial charge in [-0.1, -0.05) is 35.3 Å². The molecule has 0 saturated heterocycles. The summed E-state index contributed by atoms with van der Waals surface area (Å²) in [4.78, 5) is 4.24.